The fourth-order valence-electron chi connectivity index (χ4n) is 2.25. The molecule has 122 valence electrons. The summed E-state index contributed by atoms with van der Waals surface area (Å²) < 4.78 is 0. The van der Waals surface area contributed by atoms with Crippen LogP contribution >= 0.6 is 11.6 Å². The molecule has 0 spiro atoms. The summed E-state index contributed by atoms with van der Waals surface area (Å²) in [6.45, 7) is 4.85. The van der Waals surface area contributed by atoms with E-state index in [0.29, 0.717) is 12.5 Å². The van der Waals surface area contributed by atoms with Crippen molar-refractivity contribution >= 4 is 23.2 Å². The van der Waals surface area contributed by atoms with Gasteiger partial charge in [-0.3, -0.25) is 14.9 Å². The molecule has 1 rings (SSSR count). The number of nitro groups is 1. The number of rotatable bonds is 7. The van der Waals surface area contributed by atoms with Crippen LogP contribution in [0.4, 0.5) is 5.69 Å². The van der Waals surface area contributed by atoms with Gasteiger partial charge in [0.05, 0.1) is 15.5 Å². The zero-order chi connectivity index (χ0) is 16.9. The third-order valence-corrected chi connectivity index (χ3v) is 3.41. The number of carbonyl (C=O) groups is 1. The average molecular weight is 328 g/mol. The van der Waals surface area contributed by atoms with Crippen molar-refractivity contribution < 1.29 is 9.72 Å². The maximum atomic E-state index is 12.4. The minimum Gasteiger partial charge on any atom is -0.348 e. The second-order valence-corrected chi connectivity index (χ2v) is 6.39. The van der Waals surface area contributed by atoms with Crippen LogP contribution in [0.3, 0.4) is 0 Å². The second kappa shape index (κ2) is 8.10. The third kappa shape index (κ3) is 5.61. The summed E-state index contributed by atoms with van der Waals surface area (Å²) in [6, 6.07) is 3.82. The normalized spacial score (nSPS) is 12.5. The van der Waals surface area contributed by atoms with Gasteiger partial charge in [0.1, 0.15) is 0 Å². The minimum absolute atomic E-state index is 0.0437. The highest BCUT2D eigenvalue weighted by atomic mass is 35.5. The number of hydrogen-bond acceptors (Lipinski definition) is 4. The summed E-state index contributed by atoms with van der Waals surface area (Å²) in [7, 11) is 3.86. The summed E-state index contributed by atoms with van der Waals surface area (Å²) >= 11 is 6.00. The van der Waals surface area contributed by atoms with E-state index in [1.54, 1.807) is 0 Å². The SMILES string of the molecule is CC(C)CC(CN(C)C)NC(=O)c1cc([N+](=O)[O-])ccc1Cl. The summed E-state index contributed by atoms with van der Waals surface area (Å²) in [6.07, 6.45) is 0.816. The van der Waals surface area contributed by atoms with E-state index in [1.165, 1.54) is 18.2 Å². The number of carbonyl (C=O) groups excluding carboxylic acids is 1. The largest absolute Gasteiger partial charge is 0.348 e. The Bertz CT molecular complexity index is 537. The number of nitrogens with one attached hydrogen (secondary N) is 1. The van der Waals surface area contributed by atoms with Gasteiger partial charge in [0.25, 0.3) is 11.6 Å². The monoisotopic (exact) mass is 327 g/mol. The van der Waals surface area contributed by atoms with Crippen LogP contribution < -0.4 is 5.32 Å². The Morgan fingerprint density at radius 3 is 2.55 bits per heavy atom. The quantitative estimate of drug-likeness (QED) is 0.617. The van der Waals surface area contributed by atoms with E-state index in [9.17, 15) is 14.9 Å². The third-order valence-electron chi connectivity index (χ3n) is 3.08. The molecular weight excluding hydrogens is 306 g/mol. The molecular formula is C15H22ClN3O3. The van der Waals surface area contributed by atoms with Crippen LogP contribution in [0.15, 0.2) is 18.2 Å². The molecule has 7 heteroatoms. The van der Waals surface area contributed by atoms with Gasteiger partial charge in [-0.25, -0.2) is 0 Å². The van der Waals surface area contributed by atoms with Gasteiger partial charge in [-0.2, -0.15) is 0 Å². The number of nitro benzene ring substituents is 1. The molecule has 1 N–H and O–H groups in total. The highest BCUT2D eigenvalue weighted by Crippen LogP contribution is 2.22. The molecule has 1 aromatic rings. The van der Waals surface area contributed by atoms with Gasteiger partial charge < -0.3 is 10.2 Å². The molecule has 1 aromatic carbocycles. The number of nitrogens with zero attached hydrogens (tertiary/aromatic N) is 2. The number of likely N-dealkylation sites (N-methyl/N-ethyl adjacent to an activating group) is 1. The number of halogens is 1. The highest BCUT2D eigenvalue weighted by Gasteiger charge is 2.20. The van der Waals surface area contributed by atoms with Gasteiger partial charge in [0.2, 0.25) is 0 Å². The molecule has 6 nitrogen and oxygen atoms in total. The van der Waals surface area contributed by atoms with Crippen molar-refractivity contribution in [2.75, 3.05) is 20.6 Å². The molecule has 1 atom stereocenters. The molecule has 0 saturated heterocycles. The van der Waals surface area contributed by atoms with Crippen LogP contribution in [0.1, 0.15) is 30.6 Å². The molecule has 0 radical (unpaired) electrons. The molecule has 0 fully saturated rings. The first-order valence-corrected chi connectivity index (χ1v) is 7.48. The van der Waals surface area contributed by atoms with Crippen molar-refractivity contribution in [3.05, 3.63) is 38.9 Å². The van der Waals surface area contributed by atoms with E-state index >= 15 is 0 Å². The molecule has 0 saturated carbocycles. The number of amides is 1. The van der Waals surface area contributed by atoms with E-state index < -0.39 is 4.92 Å². The van der Waals surface area contributed by atoms with Crippen molar-refractivity contribution in [2.45, 2.75) is 26.3 Å². The Hall–Kier alpha value is -1.66. The standard InChI is InChI=1S/C15H22ClN3O3/c1-10(2)7-11(9-18(3)4)17-15(20)13-8-12(19(21)22)5-6-14(13)16/h5-6,8,10-11H,7,9H2,1-4H3,(H,17,20). The lowest BCUT2D eigenvalue weighted by Crippen LogP contribution is -2.42. The lowest BCUT2D eigenvalue weighted by molar-refractivity contribution is -0.384. The summed E-state index contributed by atoms with van der Waals surface area (Å²) in [4.78, 5) is 24.6. The van der Waals surface area contributed by atoms with Gasteiger partial charge >= 0.3 is 0 Å². The molecule has 0 aliphatic heterocycles. The van der Waals surface area contributed by atoms with Crippen molar-refractivity contribution in [2.24, 2.45) is 5.92 Å². The van der Waals surface area contributed by atoms with Crippen LogP contribution in [-0.2, 0) is 0 Å². The molecule has 22 heavy (non-hydrogen) atoms. The van der Waals surface area contributed by atoms with Crippen LogP contribution in [0.5, 0.6) is 0 Å². The summed E-state index contributed by atoms with van der Waals surface area (Å²) in [5, 5.41) is 13.9. The average Bonchev–Trinajstić information content (AvgIpc) is 2.36. The zero-order valence-electron chi connectivity index (χ0n) is 13.3. The lowest BCUT2D eigenvalue weighted by Gasteiger charge is -2.24. The Labute approximate surface area is 135 Å². The zero-order valence-corrected chi connectivity index (χ0v) is 14.1. The first-order chi connectivity index (χ1) is 10.2. The predicted molar refractivity (Wildman–Crippen MR) is 87.4 cm³/mol. The van der Waals surface area contributed by atoms with Crippen molar-refractivity contribution in [3.8, 4) is 0 Å². The van der Waals surface area contributed by atoms with Crippen LogP contribution in [0.25, 0.3) is 0 Å². The maximum absolute atomic E-state index is 12.4. The van der Waals surface area contributed by atoms with Gasteiger partial charge in [-0.15, -0.1) is 0 Å². The Kier molecular flexibility index (Phi) is 6.77. The number of non-ortho nitro benzene ring substituents is 1. The predicted octanol–water partition coefficient (Wildman–Crippen LogP) is 2.95. The first-order valence-electron chi connectivity index (χ1n) is 7.10. The summed E-state index contributed by atoms with van der Waals surface area (Å²) in [5.41, 5.74) is -0.0223. The Balaban J connectivity index is 2.93. The van der Waals surface area contributed by atoms with E-state index in [1.807, 2.05) is 19.0 Å². The van der Waals surface area contributed by atoms with E-state index in [4.69, 9.17) is 11.6 Å². The molecule has 0 heterocycles. The fraction of sp³-hybridized carbons (Fsp3) is 0.533. The van der Waals surface area contributed by atoms with Gasteiger partial charge in [-0.1, -0.05) is 25.4 Å². The number of hydrogen-bond donors (Lipinski definition) is 1. The van der Waals surface area contributed by atoms with Gasteiger partial charge in [-0.05, 0) is 32.5 Å². The molecule has 1 amide bonds. The second-order valence-electron chi connectivity index (χ2n) is 5.98. The number of benzene rings is 1. The summed E-state index contributed by atoms with van der Waals surface area (Å²) in [5.74, 6) is 0.0343. The smallest absolute Gasteiger partial charge is 0.270 e. The van der Waals surface area contributed by atoms with Crippen LogP contribution in [-0.4, -0.2) is 42.4 Å². The maximum Gasteiger partial charge on any atom is 0.270 e. The molecule has 0 aromatic heterocycles. The van der Waals surface area contributed by atoms with Crippen LogP contribution in [0.2, 0.25) is 5.02 Å². The van der Waals surface area contributed by atoms with E-state index in [0.717, 1.165) is 6.42 Å². The molecule has 1 unspecified atom stereocenters. The van der Waals surface area contributed by atoms with Crippen molar-refractivity contribution in [1.82, 2.24) is 10.2 Å². The van der Waals surface area contributed by atoms with Gasteiger partial charge in [0, 0.05) is 24.7 Å². The van der Waals surface area contributed by atoms with E-state index in [-0.39, 0.29) is 28.2 Å². The van der Waals surface area contributed by atoms with Crippen LogP contribution in [0, 0.1) is 16.0 Å². The Morgan fingerprint density at radius 2 is 2.05 bits per heavy atom. The van der Waals surface area contributed by atoms with Crippen molar-refractivity contribution in [1.29, 1.82) is 0 Å². The molecule has 0 aliphatic carbocycles. The van der Waals surface area contributed by atoms with Gasteiger partial charge in [0.15, 0.2) is 0 Å². The van der Waals surface area contributed by atoms with Crippen molar-refractivity contribution in [3.63, 3.8) is 0 Å². The lowest BCUT2D eigenvalue weighted by atomic mass is 10.0. The Morgan fingerprint density at radius 1 is 1.41 bits per heavy atom. The topological polar surface area (TPSA) is 75.5 Å². The molecule has 0 aliphatic rings. The fourth-order valence-corrected chi connectivity index (χ4v) is 2.46. The molecule has 0 bridgehead atoms. The van der Waals surface area contributed by atoms with E-state index in [2.05, 4.69) is 19.2 Å². The first kappa shape index (κ1) is 18.4. The minimum atomic E-state index is -0.543. The highest BCUT2D eigenvalue weighted by molar-refractivity contribution is 6.33.